The molecule has 0 spiro atoms. The van der Waals surface area contributed by atoms with Gasteiger partial charge in [-0.3, -0.25) is 4.68 Å². The molecule has 1 aromatic carbocycles. The van der Waals surface area contributed by atoms with Gasteiger partial charge in [-0.25, -0.2) is 0 Å². The lowest BCUT2D eigenvalue weighted by molar-refractivity contribution is -0.141. The molecule has 3 rings (SSSR count). The minimum absolute atomic E-state index is 0.213. The van der Waals surface area contributed by atoms with E-state index in [0.29, 0.717) is 28.9 Å². The summed E-state index contributed by atoms with van der Waals surface area (Å²) in [6, 6.07) is 8.29. The first-order chi connectivity index (χ1) is 12.2. The molecule has 5 nitrogen and oxygen atoms in total. The van der Waals surface area contributed by atoms with E-state index in [1.54, 1.807) is 26.0 Å². The van der Waals surface area contributed by atoms with Gasteiger partial charge in [0, 0.05) is 10.7 Å². The van der Waals surface area contributed by atoms with E-state index >= 15 is 0 Å². The van der Waals surface area contributed by atoms with E-state index in [-0.39, 0.29) is 12.5 Å². The zero-order chi connectivity index (χ0) is 18.9. The highest BCUT2D eigenvalue weighted by Crippen LogP contribution is 2.29. The fraction of sp³-hybridized carbons (Fsp3) is 0.353. The maximum Gasteiger partial charge on any atom is 0.435 e. The third kappa shape index (κ3) is 4.24. The lowest BCUT2D eigenvalue weighted by Crippen LogP contribution is -2.12. The van der Waals surface area contributed by atoms with Crippen LogP contribution in [0.2, 0.25) is 5.02 Å². The number of hydrogen-bond donors (Lipinski definition) is 0. The van der Waals surface area contributed by atoms with E-state index < -0.39 is 11.9 Å². The Balaban J connectivity index is 1.69. The molecule has 0 saturated heterocycles. The van der Waals surface area contributed by atoms with Crippen LogP contribution in [0, 0.1) is 6.92 Å². The van der Waals surface area contributed by atoms with E-state index in [1.807, 2.05) is 12.1 Å². The van der Waals surface area contributed by atoms with Gasteiger partial charge in [0.25, 0.3) is 0 Å². The van der Waals surface area contributed by atoms with Crippen LogP contribution in [0.3, 0.4) is 0 Å². The van der Waals surface area contributed by atoms with Gasteiger partial charge < -0.3 is 4.42 Å². The summed E-state index contributed by atoms with van der Waals surface area (Å²) in [5, 5.41) is 12.3. The highest BCUT2D eigenvalue weighted by molar-refractivity contribution is 6.30. The zero-order valence-corrected chi connectivity index (χ0v) is 14.8. The van der Waals surface area contributed by atoms with Crippen LogP contribution in [-0.2, 0) is 19.1 Å². The van der Waals surface area contributed by atoms with Crippen LogP contribution < -0.4 is 0 Å². The van der Waals surface area contributed by atoms with Gasteiger partial charge in [-0.05, 0) is 30.7 Å². The summed E-state index contributed by atoms with van der Waals surface area (Å²) in [4.78, 5) is 0. The van der Waals surface area contributed by atoms with Crippen LogP contribution in [0.5, 0.6) is 0 Å². The molecule has 9 heteroatoms. The zero-order valence-electron chi connectivity index (χ0n) is 14.1. The Bertz CT molecular complexity index is 886. The molecule has 3 aromatic rings. The van der Waals surface area contributed by atoms with Crippen molar-refractivity contribution >= 4 is 11.6 Å². The summed E-state index contributed by atoms with van der Waals surface area (Å²) in [5.41, 5.74) is 0.483. The topological polar surface area (TPSA) is 56.7 Å². The van der Waals surface area contributed by atoms with Crippen LogP contribution in [0.1, 0.15) is 41.6 Å². The van der Waals surface area contributed by atoms with Gasteiger partial charge in [0.05, 0.1) is 18.9 Å². The lowest BCUT2D eigenvalue weighted by Gasteiger charge is -2.09. The molecule has 0 bridgehead atoms. The van der Waals surface area contributed by atoms with Crippen LogP contribution in [0.15, 0.2) is 34.7 Å². The molecule has 0 saturated carbocycles. The minimum atomic E-state index is -4.46. The molecule has 26 heavy (non-hydrogen) atoms. The second-order valence-electron chi connectivity index (χ2n) is 6.09. The summed E-state index contributed by atoms with van der Waals surface area (Å²) >= 11 is 5.85. The average Bonchev–Trinajstić information content (AvgIpc) is 3.17. The molecule has 0 aliphatic rings. The first kappa shape index (κ1) is 18.4. The van der Waals surface area contributed by atoms with Crippen molar-refractivity contribution in [3.8, 4) is 0 Å². The van der Waals surface area contributed by atoms with Crippen molar-refractivity contribution in [2.75, 3.05) is 0 Å². The van der Waals surface area contributed by atoms with Crippen molar-refractivity contribution in [3.63, 3.8) is 0 Å². The third-order valence-corrected chi connectivity index (χ3v) is 4.14. The monoisotopic (exact) mass is 384 g/mol. The summed E-state index contributed by atoms with van der Waals surface area (Å²) in [7, 11) is 0. The van der Waals surface area contributed by atoms with Crippen LogP contribution >= 0.6 is 11.6 Å². The standard InChI is InChI=1S/C17H16ClF3N4O/c1-10(9-25-11(2)7-14(24-25)17(19,20)21)16-23-22-15(26-16)8-12-3-5-13(18)6-4-12/h3-7,10H,8-9H2,1-2H3. The second kappa shape index (κ2) is 7.11. The fourth-order valence-corrected chi connectivity index (χ4v) is 2.61. The van der Waals surface area contributed by atoms with Crippen LogP contribution in [0.4, 0.5) is 13.2 Å². The number of aryl methyl sites for hydroxylation is 1. The highest BCUT2D eigenvalue weighted by atomic mass is 35.5. The molecule has 0 amide bonds. The van der Waals surface area contributed by atoms with Crippen molar-refractivity contribution in [2.24, 2.45) is 0 Å². The maximum atomic E-state index is 12.8. The fourth-order valence-electron chi connectivity index (χ4n) is 2.49. The molecule has 2 heterocycles. The minimum Gasteiger partial charge on any atom is -0.425 e. The number of nitrogens with zero attached hydrogens (tertiary/aromatic N) is 4. The van der Waals surface area contributed by atoms with Gasteiger partial charge in [-0.1, -0.05) is 30.7 Å². The SMILES string of the molecule is Cc1cc(C(F)(F)F)nn1CC(C)c1nnc(Cc2ccc(Cl)cc2)o1. The molecule has 2 aromatic heterocycles. The molecule has 0 aliphatic heterocycles. The first-order valence-corrected chi connectivity index (χ1v) is 8.28. The normalized spacial score (nSPS) is 13.2. The van der Waals surface area contributed by atoms with E-state index in [9.17, 15) is 13.2 Å². The molecule has 1 atom stereocenters. The summed E-state index contributed by atoms with van der Waals surface area (Å²) < 4.78 is 45.2. The molecule has 0 N–H and O–H groups in total. The lowest BCUT2D eigenvalue weighted by atomic mass is 10.1. The first-order valence-electron chi connectivity index (χ1n) is 7.90. The molecular formula is C17H16ClF3N4O. The van der Waals surface area contributed by atoms with Gasteiger partial charge in [0.15, 0.2) is 5.69 Å². The van der Waals surface area contributed by atoms with Crippen molar-refractivity contribution in [1.82, 2.24) is 20.0 Å². The van der Waals surface area contributed by atoms with Crippen LogP contribution in [0.25, 0.3) is 0 Å². The van der Waals surface area contributed by atoms with Crippen molar-refractivity contribution in [3.05, 3.63) is 64.1 Å². The van der Waals surface area contributed by atoms with E-state index in [2.05, 4.69) is 15.3 Å². The Kier molecular flexibility index (Phi) is 5.04. The Morgan fingerprint density at radius 1 is 1.19 bits per heavy atom. The number of benzene rings is 1. The largest absolute Gasteiger partial charge is 0.435 e. The molecule has 0 fully saturated rings. The smallest absolute Gasteiger partial charge is 0.425 e. The van der Waals surface area contributed by atoms with Crippen molar-refractivity contribution < 1.29 is 17.6 Å². The van der Waals surface area contributed by atoms with Gasteiger partial charge in [0.1, 0.15) is 0 Å². The number of halogens is 4. The average molecular weight is 385 g/mol. The Hall–Kier alpha value is -2.35. The highest BCUT2D eigenvalue weighted by Gasteiger charge is 2.34. The van der Waals surface area contributed by atoms with Gasteiger partial charge in [-0.15, -0.1) is 10.2 Å². The van der Waals surface area contributed by atoms with Gasteiger partial charge in [0.2, 0.25) is 11.8 Å². The van der Waals surface area contributed by atoms with E-state index in [4.69, 9.17) is 16.0 Å². The molecule has 0 aliphatic carbocycles. The predicted molar refractivity (Wildman–Crippen MR) is 88.9 cm³/mol. The van der Waals surface area contributed by atoms with Crippen molar-refractivity contribution in [1.29, 1.82) is 0 Å². The summed E-state index contributed by atoms with van der Waals surface area (Å²) in [5.74, 6) is 0.515. The predicted octanol–water partition coefficient (Wildman–Crippen LogP) is 4.64. The number of aromatic nitrogens is 4. The number of hydrogen-bond acceptors (Lipinski definition) is 4. The number of rotatable bonds is 5. The van der Waals surface area contributed by atoms with Crippen LogP contribution in [-0.4, -0.2) is 20.0 Å². The Morgan fingerprint density at radius 3 is 2.50 bits per heavy atom. The van der Waals surface area contributed by atoms with E-state index in [1.165, 1.54) is 4.68 Å². The second-order valence-corrected chi connectivity index (χ2v) is 6.53. The molecule has 1 unspecified atom stereocenters. The van der Waals surface area contributed by atoms with Crippen molar-refractivity contribution in [2.45, 2.75) is 38.9 Å². The molecule has 138 valence electrons. The number of alkyl halides is 3. The quantitative estimate of drug-likeness (QED) is 0.643. The third-order valence-electron chi connectivity index (χ3n) is 3.89. The Morgan fingerprint density at radius 2 is 1.88 bits per heavy atom. The summed E-state index contributed by atoms with van der Waals surface area (Å²) in [6.07, 6.45) is -4.01. The van der Waals surface area contributed by atoms with E-state index in [0.717, 1.165) is 11.6 Å². The van der Waals surface area contributed by atoms with Gasteiger partial charge in [-0.2, -0.15) is 18.3 Å². The summed E-state index contributed by atoms with van der Waals surface area (Å²) in [6.45, 7) is 3.59. The Labute approximate surface area is 152 Å². The molecular weight excluding hydrogens is 369 g/mol. The molecule has 0 radical (unpaired) electrons. The van der Waals surface area contributed by atoms with Gasteiger partial charge >= 0.3 is 6.18 Å². The maximum absolute atomic E-state index is 12.8.